The molecule has 1 heterocycles. The molecule has 7 unspecified atom stereocenters. The van der Waals surface area contributed by atoms with Gasteiger partial charge in [0.25, 0.3) is 0 Å². The molecule has 1 fully saturated rings. The molecule has 9 nitrogen and oxygen atoms in total. The van der Waals surface area contributed by atoms with Crippen LogP contribution in [0.25, 0.3) is 0 Å². The Bertz CT molecular complexity index is 1020. The molecule has 0 radical (unpaired) electrons. The summed E-state index contributed by atoms with van der Waals surface area (Å²) in [5.74, 6) is -0.181. The molecule has 0 aromatic heterocycles. The van der Waals surface area contributed by atoms with Crippen molar-refractivity contribution in [2.45, 2.75) is 172 Å². The number of carbonyl (C=O) groups is 1. The zero-order valence-electron chi connectivity index (χ0n) is 31.6. The first-order valence-corrected chi connectivity index (χ1v) is 19.6. The highest BCUT2D eigenvalue weighted by atomic mass is 16.7. The van der Waals surface area contributed by atoms with Crippen LogP contribution in [0.3, 0.4) is 0 Å². The van der Waals surface area contributed by atoms with E-state index in [0.717, 1.165) is 103 Å². The van der Waals surface area contributed by atoms with Crippen molar-refractivity contribution in [2.75, 3.05) is 13.2 Å². The van der Waals surface area contributed by atoms with Crippen molar-refractivity contribution in [3.8, 4) is 0 Å². The van der Waals surface area contributed by atoms with Crippen molar-refractivity contribution in [1.82, 2.24) is 5.32 Å². The summed E-state index contributed by atoms with van der Waals surface area (Å²) in [4.78, 5) is 12.8. The predicted octanol–water partition coefficient (Wildman–Crippen LogP) is 7.05. The molecule has 6 N–H and O–H groups in total. The fraction of sp³-hybridized carbons (Fsp3) is 0.690. The molecule has 1 amide bonds. The maximum Gasteiger partial charge on any atom is 0.220 e. The first-order valence-electron chi connectivity index (χ1n) is 19.6. The van der Waals surface area contributed by atoms with Crippen molar-refractivity contribution >= 4 is 5.91 Å². The fourth-order valence-corrected chi connectivity index (χ4v) is 5.63. The molecule has 1 aliphatic rings. The highest BCUT2D eigenvalue weighted by Gasteiger charge is 2.44. The van der Waals surface area contributed by atoms with Crippen LogP contribution < -0.4 is 5.32 Å². The zero-order chi connectivity index (χ0) is 37.4. The Morgan fingerprint density at radius 1 is 0.686 bits per heavy atom. The van der Waals surface area contributed by atoms with Gasteiger partial charge in [-0.15, -0.1) is 0 Å². The highest BCUT2D eigenvalue weighted by molar-refractivity contribution is 5.76. The first kappa shape index (κ1) is 46.7. The van der Waals surface area contributed by atoms with Gasteiger partial charge in [-0.25, -0.2) is 0 Å². The number of ether oxygens (including phenoxy) is 2. The topological polar surface area (TPSA) is 149 Å². The summed E-state index contributed by atoms with van der Waals surface area (Å²) in [5, 5.41) is 53.7. The van der Waals surface area contributed by atoms with Crippen molar-refractivity contribution < 1.29 is 39.8 Å². The lowest BCUT2D eigenvalue weighted by molar-refractivity contribution is -0.302. The van der Waals surface area contributed by atoms with Crippen LogP contribution in [0.4, 0.5) is 0 Å². The molecule has 292 valence electrons. The summed E-state index contributed by atoms with van der Waals surface area (Å²) in [6.07, 6.45) is 35.2. The number of aliphatic hydroxyl groups is 5. The number of rotatable bonds is 30. The lowest BCUT2D eigenvalue weighted by atomic mass is 9.99. The molecule has 0 spiro atoms. The summed E-state index contributed by atoms with van der Waals surface area (Å²) in [5.41, 5.74) is 0. The van der Waals surface area contributed by atoms with Crippen LogP contribution >= 0.6 is 0 Å². The van der Waals surface area contributed by atoms with E-state index in [1.165, 1.54) is 0 Å². The van der Waals surface area contributed by atoms with Crippen LogP contribution in [0.2, 0.25) is 0 Å². The first-order chi connectivity index (χ1) is 24.8. The molecule has 0 saturated carbocycles. The maximum absolute atomic E-state index is 12.8. The van der Waals surface area contributed by atoms with Gasteiger partial charge in [0.1, 0.15) is 24.4 Å². The second kappa shape index (κ2) is 32.3. The van der Waals surface area contributed by atoms with Gasteiger partial charge in [0, 0.05) is 6.42 Å². The number of amides is 1. The average molecular weight is 718 g/mol. The predicted molar refractivity (Wildman–Crippen MR) is 207 cm³/mol. The number of unbranched alkanes of at least 4 members (excludes halogenated alkanes) is 8. The van der Waals surface area contributed by atoms with Gasteiger partial charge in [0.15, 0.2) is 6.29 Å². The molecule has 0 aliphatic carbocycles. The molecular weight excluding hydrogens is 646 g/mol. The number of hydrogen-bond acceptors (Lipinski definition) is 8. The van der Waals surface area contributed by atoms with Crippen molar-refractivity contribution in [3.05, 3.63) is 72.9 Å². The quantitative estimate of drug-likeness (QED) is 0.0342. The van der Waals surface area contributed by atoms with Crippen molar-refractivity contribution in [1.29, 1.82) is 0 Å². The molecule has 1 aliphatic heterocycles. The van der Waals surface area contributed by atoms with Gasteiger partial charge in [-0.1, -0.05) is 132 Å². The van der Waals surface area contributed by atoms with Crippen LogP contribution in [0.5, 0.6) is 0 Å². The summed E-state index contributed by atoms with van der Waals surface area (Å²) in [6, 6.07) is -0.732. The Morgan fingerprint density at radius 2 is 1.22 bits per heavy atom. The van der Waals surface area contributed by atoms with Crippen LogP contribution in [0.15, 0.2) is 72.9 Å². The Kier molecular flexibility index (Phi) is 29.5. The zero-order valence-corrected chi connectivity index (χ0v) is 31.6. The summed E-state index contributed by atoms with van der Waals surface area (Å²) < 4.78 is 11.1. The average Bonchev–Trinajstić information content (AvgIpc) is 3.13. The summed E-state index contributed by atoms with van der Waals surface area (Å²) in [7, 11) is 0. The smallest absolute Gasteiger partial charge is 0.220 e. The standard InChI is InChI=1S/C42H71NO8/c1-3-5-7-9-10-11-12-13-14-15-16-17-18-19-20-21-22-23-24-25-26-28-30-32-38(46)43-35(36(45)31-29-27-8-6-4-2)34-50-42-41(49)40(48)39(47)37(33-44)51-42/h5,7,10-11,13-14,16-17,19-20,22-23,35-37,39-42,44-45,47-49H,3-4,6,8-9,12,15,18,21,24-34H2,1-2H3,(H,43,46)/b7-5-,11-10-,14-13-,17-16-,20-19-,23-22-. The van der Waals surface area contributed by atoms with Gasteiger partial charge in [-0.2, -0.15) is 0 Å². The lowest BCUT2D eigenvalue weighted by Crippen LogP contribution is -2.60. The van der Waals surface area contributed by atoms with Crippen molar-refractivity contribution in [3.63, 3.8) is 0 Å². The van der Waals surface area contributed by atoms with Crippen LogP contribution in [-0.2, 0) is 14.3 Å². The minimum atomic E-state index is -1.56. The van der Waals surface area contributed by atoms with Gasteiger partial charge in [0.05, 0.1) is 25.4 Å². The van der Waals surface area contributed by atoms with E-state index in [-0.39, 0.29) is 12.5 Å². The van der Waals surface area contributed by atoms with Gasteiger partial charge in [-0.05, 0) is 64.2 Å². The largest absolute Gasteiger partial charge is 0.394 e. The molecule has 7 atom stereocenters. The molecule has 9 heteroatoms. The Morgan fingerprint density at radius 3 is 1.78 bits per heavy atom. The normalized spacial score (nSPS) is 22.8. The van der Waals surface area contributed by atoms with E-state index in [1.807, 2.05) is 0 Å². The Labute approximate surface area is 308 Å². The van der Waals surface area contributed by atoms with E-state index < -0.39 is 49.5 Å². The van der Waals surface area contributed by atoms with Gasteiger partial charge >= 0.3 is 0 Å². The van der Waals surface area contributed by atoms with E-state index in [4.69, 9.17) is 9.47 Å². The molecular formula is C42H71NO8. The van der Waals surface area contributed by atoms with Crippen molar-refractivity contribution in [2.24, 2.45) is 0 Å². The van der Waals surface area contributed by atoms with Crippen LogP contribution in [0.1, 0.15) is 129 Å². The second-order valence-electron chi connectivity index (χ2n) is 13.3. The molecule has 1 rings (SSSR count). The maximum atomic E-state index is 12.8. The molecule has 0 aromatic rings. The van der Waals surface area contributed by atoms with Gasteiger partial charge in [0.2, 0.25) is 5.91 Å². The number of hydrogen-bond donors (Lipinski definition) is 6. The number of allylic oxidation sites excluding steroid dienone is 12. The van der Waals surface area contributed by atoms with Gasteiger partial charge in [-0.3, -0.25) is 4.79 Å². The van der Waals surface area contributed by atoms with E-state index in [0.29, 0.717) is 12.8 Å². The van der Waals surface area contributed by atoms with E-state index in [1.54, 1.807) is 0 Å². The minimum Gasteiger partial charge on any atom is -0.394 e. The van der Waals surface area contributed by atoms with E-state index >= 15 is 0 Å². The third-order valence-electron chi connectivity index (χ3n) is 8.82. The SMILES string of the molecule is CC/C=C\C/C=C\C/C=C\C/C=C\C/C=C\C/C=C\CCCCCCC(=O)NC(COC1OC(CO)C(O)C(O)C1O)C(O)CCCCCCC. The Balaban J connectivity index is 2.28. The molecule has 1 saturated heterocycles. The minimum absolute atomic E-state index is 0.156. The monoisotopic (exact) mass is 718 g/mol. The molecule has 0 aromatic carbocycles. The van der Waals surface area contributed by atoms with Gasteiger partial charge < -0.3 is 40.3 Å². The summed E-state index contributed by atoms with van der Waals surface area (Å²) in [6.45, 7) is 3.57. The van der Waals surface area contributed by atoms with E-state index in [2.05, 4.69) is 92.1 Å². The number of aliphatic hydroxyl groups excluding tert-OH is 5. The third-order valence-corrected chi connectivity index (χ3v) is 8.82. The fourth-order valence-electron chi connectivity index (χ4n) is 5.63. The molecule has 51 heavy (non-hydrogen) atoms. The van der Waals surface area contributed by atoms with E-state index in [9.17, 15) is 30.3 Å². The number of carbonyl (C=O) groups excluding carboxylic acids is 1. The Hall–Kier alpha value is -2.37. The third kappa shape index (κ3) is 23.7. The highest BCUT2D eigenvalue weighted by Crippen LogP contribution is 2.22. The molecule has 0 bridgehead atoms. The number of nitrogens with one attached hydrogen (secondary N) is 1. The van der Waals surface area contributed by atoms with Crippen LogP contribution in [0, 0.1) is 0 Å². The second-order valence-corrected chi connectivity index (χ2v) is 13.3. The van der Waals surface area contributed by atoms with Crippen LogP contribution in [-0.4, -0.2) is 87.5 Å². The summed E-state index contributed by atoms with van der Waals surface area (Å²) >= 11 is 0. The lowest BCUT2D eigenvalue weighted by Gasteiger charge is -2.40.